The van der Waals surface area contributed by atoms with Crippen molar-refractivity contribution in [2.24, 2.45) is 0 Å². The number of benzene rings is 1. The van der Waals surface area contributed by atoms with E-state index in [4.69, 9.17) is 16.7 Å². The van der Waals surface area contributed by atoms with Crippen LogP contribution in [-0.2, 0) is 0 Å². The molecule has 1 N–H and O–H groups in total. The quantitative estimate of drug-likeness (QED) is 0.758. The van der Waals surface area contributed by atoms with Gasteiger partial charge in [-0.1, -0.05) is 6.07 Å². The number of nitrogens with zero attached hydrogens (tertiary/aromatic N) is 2. The molecule has 0 aliphatic rings. The number of aromatic nitrogens is 2. The molecule has 0 bridgehead atoms. The second kappa shape index (κ2) is 3.88. The number of halogens is 2. The van der Waals surface area contributed by atoms with E-state index in [2.05, 4.69) is 20.9 Å². The van der Waals surface area contributed by atoms with Gasteiger partial charge in [0.2, 0.25) is 5.28 Å². The predicted molar refractivity (Wildman–Crippen MR) is 62.1 cm³/mol. The van der Waals surface area contributed by atoms with Gasteiger partial charge in [-0.3, -0.25) is 4.79 Å². The second-order valence-electron chi connectivity index (χ2n) is 2.94. The second-order valence-corrected chi connectivity index (χ2v) is 4.13. The van der Waals surface area contributed by atoms with Gasteiger partial charge in [0.05, 0.1) is 10.9 Å². The number of rotatable bonds is 0. The molecule has 0 aliphatic heterocycles. The minimum Gasteiger partial charge on any atom is -0.464 e. The van der Waals surface area contributed by atoms with E-state index >= 15 is 0 Å². The van der Waals surface area contributed by atoms with Crippen molar-refractivity contribution < 1.29 is 9.90 Å². The summed E-state index contributed by atoms with van der Waals surface area (Å²) in [5.41, 5.74) is -0.362. The van der Waals surface area contributed by atoms with Crippen LogP contribution in [0.15, 0.2) is 27.5 Å². The Kier molecular flexibility index (Phi) is 2.69. The molecule has 0 atom stereocenters. The third-order valence-electron chi connectivity index (χ3n) is 2.00. The molecule has 1 heterocycles. The van der Waals surface area contributed by atoms with Crippen LogP contribution < -0.4 is 5.56 Å². The highest BCUT2D eigenvalue weighted by atomic mass is 79.9. The molecule has 1 aromatic carbocycles. The van der Waals surface area contributed by atoms with E-state index in [0.29, 0.717) is 14.6 Å². The first-order valence-electron chi connectivity index (χ1n) is 4.12. The smallest absolute Gasteiger partial charge is 0.421 e. The molecule has 5 nitrogen and oxygen atoms in total. The summed E-state index contributed by atoms with van der Waals surface area (Å²) in [7, 11) is 0. The van der Waals surface area contributed by atoms with Crippen molar-refractivity contribution in [1.82, 2.24) is 9.55 Å². The Labute approximate surface area is 102 Å². The molecular formula is C9H4BrClN2O3. The van der Waals surface area contributed by atoms with Crippen molar-refractivity contribution in [2.75, 3.05) is 0 Å². The topological polar surface area (TPSA) is 72.2 Å². The first kappa shape index (κ1) is 11.1. The fourth-order valence-corrected chi connectivity index (χ4v) is 2.00. The predicted octanol–water partition coefficient (Wildman–Crippen LogP) is 2.34. The zero-order valence-electron chi connectivity index (χ0n) is 7.65. The lowest BCUT2D eigenvalue weighted by Crippen LogP contribution is -2.27. The van der Waals surface area contributed by atoms with Crippen LogP contribution in [0.1, 0.15) is 0 Å². The van der Waals surface area contributed by atoms with E-state index in [1.807, 2.05) is 0 Å². The maximum absolute atomic E-state index is 11.8. The number of carbonyl (C=O) groups is 1. The summed E-state index contributed by atoms with van der Waals surface area (Å²) in [6.07, 6.45) is -1.45. The van der Waals surface area contributed by atoms with Gasteiger partial charge in [-0.15, -0.1) is 0 Å². The van der Waals surface area contributed by atoms with Gasteiger partial charge < -0.3 is 5.11 Å². The highest BCUT2D eigenvalue weighted by molar-refractivity contribution is 9.10. The Morgan fingerprint density at radius 2 is 2.19 bits per heavy atom. The Morgan fingerprint density at radius 3 is 2.81 bits per heavy atom. The molecule has 0 radical (unpaired) electrons. The lowest BCUT2D eigenvalue weighted by Gasteiger charge is -2.04. The highest BCUT2D eigenvalue weighted by Crippen LogP contribution is 2.20. The maximum atomic E-state index is 11.8. The molecule has 2 aromatic rings. The van der Waals surface area contributed by atoms with Crippen LogP contribution >= 0.6 is 27.5 Å². The Balaban J connectivity index is 3.01. The number of hydrogen-bond donors (Lipinski definition) is 1. The van der Waals surface area contributed by atoms with Gasteiger partial charge in [-0.25, -0.2) is 9.78 Å². The molecule has 0 saturated carbocycles. The van der Waals surface area contributed by atoms with Crippen LogP contribution in [0, 0.1) is 0 Å². The van der Waals surface area contributed by atoms with Gasteiger partial charge in [-0.05, 0) is 39.7 Å². The van der Waals surface area contributed by atoms with E-state index < -0.39 is 11.7 Å². The summed E-state index contributed by atoms with van der Waals surface area (Å²) in [6, 6.07) is 4.80. The molecule has 0 unspecified atom stereocenters. The molecule has 0 spiro atoms. The monoisotopic (exact) mass is 302 g/mol. The average Bonchev–Trinajstić information content (AvgIpc) is 2.19. The van der Waals surface area contributed by atoms with Gasteiger partial charge in [0.1, 0.15) is 0 Å². The van der Waals surface area contributed by atoms with E-state index in [-0.39, 0.29) is 10.7 Å². The Hall–Kier alpha value is -1.40. The zero-order valence-corrected chi connectivity index (χ0v) is 9.99. The summed E-state index contributed by atoms with van der Waals surface area (Å²) in [5, 5.41) is 8.62. The SMILES string of the molecule is O=C(O)n1c(Cl)nc2c(Br)cccc2c1=O. The minimum absolute atomic E-state index is 0.196. The molecule has 82 valence electrons. The average molecular weight is 303 g/mol. The van der Waals surface area contributed by atoms with Crippen LogP contribution in [-0.4, -0.2) is 20.8 Å². The third-order valence-corrected chi connectivity index (χ3v) is 2.89. The molecule has 0 fully saturated rings. The molecular weight excluding hydrogens is 299 g/mol. The summed E-state index contributed by atoms with van der Waals surface area (Å²) < 4.78 is 0.984. The van der Waals surface area contributed by atoms with E-state index in [9.17, 15) is 9.59 Å². The molecule has 7 heteroatoms. The van der Waals surface area contributed by atoms with Gasteiger partial charge in [0, 0.05) is 4.47 Å². The van der Waals surface area contributed by atoms with Crippen molar-refractivity contribution in [1.29, 1.82) is 0 Å². The Morgan fingerprint density at radius 1 is 1.50 bits per heavy atom. The highest BCUT2D eigenvalue weighted by Gasteiger charge is 2.15. The van der Waals surface area contributed by atoms with Crippen molar-refractivity contribution in [3.8, 4) is 0 Å². The van der Waals surface area contributed by atoms with Gasteiger partial charge in [-0.2, -0.15) is 4.57 Å². The Bertz CT molecular complexity index is 653. The third kappa shape index (κ3) is 1.60. The minimum atomic E-state index is -1.45. The van der Waals surface area contributed by atoms with Crippen molar-refractivity contribution in [2.45, 2.75) is 0 Å². The van der Waals surface area contributed by atoms with Crippen molar-refractivity contribution in [3.63, 3.8) is 0 Å². The number of fused-ring (bicyclic) bond motifs is 1. The van der Waals surface area contributed by atoms with E-state index in [1.165, 1.54) is 6.07 Å². The van der Waals surface area contributed by atoms with Crippen molar-refractivity contribution in [3.05, 3.63) is 38.3 Å². The zero-order chi connectivity index (χ0) is 11.9. The summed E-state index contributed by atoms with van der Waals surface area (Å²) in [5.74, 6) is 0. The number of para-hydroxylation sites is 1. The molecule has 2 rings (SSSR count). The largest absolute Gasteiger partial charge is 0.464 e. The molecule has 0 aliphatic carbocycles. The number of carboxylic acid groups (broad SMARTS) is 1. The van der Waals surface area contributed by atoms with Crippen molar-refractivity contribution >= 4 is 44.5 Å². The molecule has 0 saturated heterocycles. The summed E-state index contributed by atoms with van der Waals surface area (Å²) in [6.45, 7) is 0. The van der Waals surface area contributed by atoms with Gasteiger partial charge in [0.25, 0.3) is 5.56 Å². The van der Waals surface area contributed by atoms with Crippen LogP contribution in [0.2, 0.25) is 5.28 Å². The summed E-state index contributed by atoms with van der Waals surface area (Å²) in [4.78, 5) is 26.4. The molecule has 0 amide bonds. The first-order valence-corrected chi connectivity index (χ1v) is 5.29. The molecule has 16 heavy (non-hydrogen) atoms. The van der Waals surface area contributed by atoms with Gasteiger partial charge in [0.15, 0.2) is 0 Å². The first-order chi connectivity index (χ1) is 7.52. The maximum Gasteiger partial charge on any atom is 0.421 e. The lowest BCUT2D eigenvalue weighted by molar-refractivity contribution is 0.195. The normalized spacial score (nSPS) is 10.6. The van der Waals surface area contributed by atoms with E-state index in [0.717, 1.165) is 0 Å². The van der Waals surface area contributed by atoms with Crippen LogP contribution in [0.25, 0.3) is 10.9 Å². The van der Waals surface area contributed by atoms with E-state index in [1.54, 1.807) is 12.1 Å². The molecule has 1 aromatic heterocycles. The fourth-order valence-electron chi connectivity index (χ4n) is 1.31. The van der Waals surface area contributed by atoms with Crippen LogP contribution in [0.5, 0.6) is 0 Å². The van der Waals surface area contributed by atoms with Crippen LogP contribution in [0.4, 0.5) is 4.79 Å². The standard InChI is InChI=1S/C9H4BrClN2O3/c10-5-3-1-2-4-6(5)12-8(11)13(7(4)14)9(15)16/h1-3H,(H,15,16). The van der Waals surface area contributed by atoms with Gasteiger partial charge >= 0.3 is 6.09 Å². The number of hydrogen-bond acceptors (Lipinski definition) is 3. The fraction of sp³-hybridized carbons (Fsp3) is 0. The van der Waals surface area contributed by atoms with Crippen LogP contribution in [0.3, 0.4) is 0 Å². The lowest BCUT2D eigenvalue weighted by atomic mass is 10.2. The summed E-state index contributed by atoms with van der Waals surface area (Å²) >= 11 is 8.84.